The molecule has 26 heavy (non-hydrogen) atoms. The molecule has 0 amide bonds. The van der Waals surface area contributed by atoms with Crippen LogP contribution < -0.4 is 5.32 Å². The van der Waals surface area contributed by atoms with Gasteiger partial charge < -0.3 is 5.32 Å². The number of rotatable bonds is 2. The maximum absolute atomic E-state index is 5.03. The molecule has 5 heteroatoms. The molecule has 0 saturated heterocycles. The lowest BCUT2D eigenvalue weighted by Gasteiger charge is -2.13. The molecule has 3 heterocycles. The third-order valence-electron chi connectivity index (χ3n) is 4.64. The van der Waals surface area contributed by atoms with Crippen molar-refractivity contribution in [1.82, 2.24) is 9.97 Å². The van der Waals surface area contributed by atoms with E-state index in [0.29, 0.717) is 0 Å². The maximum atomic E-state index is 5.03. The summed E-state index contributed by atoms with van der Waals surface area (Å²) in [5.74, 6) is 2.77. The van der Waals surface area contributed by atoms with Crippen molar-refractivity contribution in [3.8, 4) is 22.0 Å². The van der Waals surface area contributed by atoms with Gasteiger partial charge in [-0.1, -0.05) is 48.5 Å². The highest BCUT2D eigenvalue weighted by molar-refractivity contribution is 7.99. The van der Waals surface area contributed by atoms with E-state index in [0.717, 1.165) is 35.1 Å². The van der Waals surface area contributed by atoms with E-state index in [2.05, 4.69) is 41.7 Å². The summed E-state index contributed by atoms with van der Waals surface area (Å²) in [6.45, 7) is 0. The predicted molar refractivity (Wildman–Crippen MR) is 112 cm³/mol. The van der Waals surface area contributed by atoms with Crippen LogP contribution in [-0.4, -0.2) is 22.8 Å². The average molecular weight is 376 g/mol. The lowest BCUT2D eigenvalue weighted by Crippen LogP contribution is -2.05. The molecular weight excluding hydrogens is 358 g/mol. The zero-order valence-corrected chi connectivity index (χ0v) is 16.0. The van der Waals surface area contributed by atoms with E-state index in [1.54, 1.807) is 0 Å². The Morgan fingerprint density at radius 2 is 1.77 bits per heavy atom. The molecule has 2 aromatic heterocycles. The predicted octanol–water partition coefficient (Wildman–Crippen LogP) is 5.72. The Kier molecular flexibility index (Phi) is 3.91. The number of fused-ring (bicyclic) bond motifs is 5. The van der Waals surface area contributed by atoms with Crippen LogP contribution in [0.2, 0.25) is 0 Å². The highest BCUT2D eigenvalue weighted by Crippen LogP contribution is 2.48. The van der Waals surface area contributed by atoms with Crippen molar-refractivity contribution in [2.45, 2.75) is 11.3 Å². The van der Waals surface area contributed by atoms with Crippen LogP contribution in [-0.2, 0) is 6.42 Å². The Morgan fingerprint density at radius 3 is 2.62 bits per heavy atom. The molecule has 0 fully saturated rings. The zero-order chi connectivity index (χ0) is 17.5. The van der Waals surface area contributed by atoms with E-state index in [1.807, 2.05) is 48.3 Å². The normalized spacial score (nSPS) is 13.1. The van der Waals surface area contributed by atoms with Crippen molar-refractivity contribution in [3.05, 3.63) is 60.2 Å². The van der Waals surface area contributed by atoms with Gasteiger partial charge in [0.15, 0.2) is 5.82 Å². The summed E-state index contributed by atoms with van der Waals surface area (Å²) in [4.78, 5) is 12.5. The molecular formula is C21H17N3S2. The second-order valence-electron chi connectivity index (χ2n) is 6.19. The first kappa shape index (κ1) is 15.9. The topological polar surface area (TPSA) is 37.8 Å². The number of benzene rings is 2. The number of hydrogen-bond acceptors (Lipinski definition) is 5. The summed E-state index contributed by atoms with van der Waals surface area (Å²) in [6, 6.07) is 18.9. The molecule has 4 aromatic rings. The first-order chi connectivity index (χ1) is 12.8. The number of aromatic nitrogens is 2. The Labute approximate surface area is 160 Å². The third kappa shape index (κ3) is 2.50. The molecule has 1 aliphatic heterocycles. The van der Waals surface area contributed by atoms with Gasteiger partial charge in [-0.2, -0.15) is 0 Å². The van der Waals surface area contributed by atoms with Gasteiger partial charge in [0.05, 0.1) is 10.6 Å². The van der Waals surface area contributed by atoms with Gasteiger partial charge in [0.25, 0.3) is 0 Å². The number of thiophene rings is 1. The van der Waals surface area contributed by atoms with Crippen LogP contribution in [0.3, 0.4) is 0 Å². The molecule has 0 saturated carbocycles. The fourth-order valence-electron chi connectivity index (χ4n) is 3.41. The minimum Gasteiger partial charge on any atom is -0.373 e. The molecule has 1 aliphatic rings. The number of anilines is 1. The van der Waals surface area contributed by atoms with Gasteiger partial charge in [0.1, 0.15) is 5.82 Å². The van der Waals surface area contributed by atoms with Gasteiger partial charge in [0.2, 0.25) is 0 Å². The fraction of sp³-hybridized carbons (Fsp3) is 0.143. The largest absolute Gasteiger partial charge is 0.373 e. The summed E-state index contributed by atoms with van der Waals surface area (Å²) < 4.78 is 1.32. The van der Waals surface area contributed by atoms with Crippen LogP contribution >= 0.6 is 23.1 Å². The number of nitrogens with one attached hydrogen (secondary N) is 1. The first-order valence-corrected chi connectivity index (χ1v) is 10.4. The average Bonchev–Trinajstić information content (AvgIpc) is 2.97. The standard InChI is InChI=1S/C21H17N3S2/c1-22-21-15-11-12-25-18-14-9-5-6-10-16(14)26-19(18)17(15)23-20(24-21)13-7-3-2-4-8-13/h2-10H,11-12H2,1H3,(H,22,23,24). The summed E-state index contributed by atoms with van der Waals surface area (Å²) in [7, 11) is 1.95. The van der Waals surface area contributed by atoms with Crippen LogP contribution in [0, 0.1) is 0 Å². The lowest BCUT2D eigenvalue weighted by atomic mass is 10.1. The number of hydrogen-bond donors (Lipinski definition) is 1. The Bertz CT molecular complexity index is 1100. The van der Waals surface area contributed by atoms with E-state index in [1.165, 1.54) is 25.4 Å². The molecule has 0 atom stereocenters. The fourth-order valence-corrected chi connectivity index (χ4v) is 5.96. The molecule has 0 spiro atoms. The smallest absolute Gasteiger partial charge is 0.162 e. The lowest BCUT2D eigenvalue weighted by molar-refractivity contribution is 1.07. The summed E-state index contributed by atoms with van der Waals surface area (Å²) in [5.41, 5.74) is 3.36. The van der Waals surface area contributed by atoms with Gasteiger partial charge in [0, 0.05) is 38.9 Å². The van der Waals surface area contributed by atoms with Crippen LogP contribution in [0.1, 0.15) is 5.56 Å². The van der Waals surface area contributed by atoms with E-state index >= 15 is 0 Å². The molecule has 0 unspecified atom stereocenters. The minimum absolute atomic E-state index is 0.781. The maximum Gasteiger partial charge on any atom is 0.162 e. The number of nitrogens with zero attached hydrogens (tertiary/aromatic N) is 2. The Morgan fingerprint density at radius 1 is 0.962 bits per heavy atom. The van der Waals surface area contributed by atoms with E-state index in [4.69, 9.17) is 9.97 Å². The van der Waals surface area contributed by atoms with Crippen molar-refractivity contribution in [2.75, 3.05) is 18.1 Å². The van der Waals surface area contributed by atoms with Crippen molar-refractivity contribution >= 4 is 39.0 Å². The monoisotopic (exact) mass is 375 g/mol. The summed E-state index contributed by atoms with van der Waals surface area (Å²) in [5, 5.41) is 4.65. The first-order valence-electron chi connectivity index (χ1n) is 8.64. The van der Waals surface area contributed by atoms with Crippen LogP contribution in [0.15, 0.2) is 59.5 Å². The Balaban J connectivity index is 1.81. The molecule has 0 radical (unpaired) electrons. The second-order valence-corrected chi connectivity index (χ2v) is 8.35. The van der Waals surface area contributed by atoms with Gasteiger partial charge in [-0.05, 0) is 12.5 Å². The second kappa shape index (κ2) is 6.41. The van der Waals surface area contributed by atoms with Crippen LogP contribution in [0.25, 0.3) is 32.0 Å². The van der Waals surface area contributed by atoms with Crippen molar-refractivity contribution in [2.24, 2.45) is 0 Å². The highest BCUT2D eigenvalue weighted by Gasteiger charge is 2.24. The Hall–Kier alpha value is -2.37. The van der Waals surface area contributed by atoms with Gasteiger partial charge >= 0.3 is 0 Å². The quantitative estimate of drug-likeness (QED) is 0.486. The van der Waals surface area contributed by atoms with Gasteiger partial charge in [-0.3, -0.25) is 0 Å². The van der Waals surface area contributed by atoms with Crippen molar-refractivity contribution in [1.29, 1.82) is 0 Å². The molecule has 1 N–H and O–H groups in total. The van der Waals surface area contributed by atoms with E-state index in [-0.39, 0.29) is 0 Å². The molecule has 2 aromatic carbocycles. The van der Waals surface area contributed by atoms with Gasteiger partial charge in [-0.15, -0.1) is 23.1 Å². The van der Waals surface area contributed by atoms with E-state index < -0.39 is 0 Å². The molecule has 128 valence electrons. The summed E-state index contributed by atoms with van der Waals surface area (Å²) in [6.07, 6.45) is 0.973. The number of thioether (sulfide) groups is 1. The van der Waals surface area contributed by atoms with Crippen LogP contribution in [0.5, 0.6) is 0 Å². The van der Waals surface area contributed by atoms with Crippen molar-refractivity contribution in [3.63, 3.8) is 0 Å². The summed E-state index contributed by atoms with van der Waals surface area (Å²) >= 11 is 3.78. The zero-order valence-electron chi connectivity index (χ0n) is 14.3. The van der Waals surface area contributed by atoms with Crippen LogP contribution in [0.4, 0.5) is 5.82 Å². The molecule has 5 rings (SSSR count). The van der Waals surface area contributed by atoms with Gasteiger partial charge in [-0.25, -0.2) is 9.97 Å². The van der Waals surface area contributed by atoms with Crippen molar-refractivity contribution < 1.29 is 0 Å². The third-order valence-corrected chi connectivity index (χ3v) is 7.07. The SMILES string of the molecule is CNc1nc(-c2ccccc2)nc2c1CCSc1c-2sc2ccccc12. The van der Waals surface area contributed by atoms with E-state index in [9.17, 15) is 0 Å². The highest BCUT2D eigenvalue weighted by atomic mass is 32.2. The molecule has 3 nitrogen and oxygen atoms in total. The minimum atomic E-state index is 0.781. The molecule has 0 bridgehead atoms. The molecule has 0 aliphatic carbocycles.